The number of hydrogen-bond donors (Lipinski definition) is 0. The van der Waals surface area contributed by atoms with Crippen LogP contribution in [0.25, 0.3) is 22.3 Å². The lowest BCUT2D eigenvalue weighted by atomic mass is 9.74. The van der Waals surface area contributed by atoms with E-state index >= 15 is 0 Å². The lowest BCUT2D eigenvalue weighted by Crippen LogP contribution is -2.09. The van der Waals surface area contributed by atoms with E-state index in [1.807, 2.05) is 109 Å². The van der Waals surface area contributed by atoms with Gasteiger partial charge < -0.3 is 0 Å². The predicted octanol–water partition coefficient (Wildman–Crippen LogP) is 14.0. The molecule has 0 heterocycles. The van der Waals surface area contributed by atoms with E-state index in [0.29, 0.717) is 0 Å². The maximum absolute atomic E-state index is 3.82. The monoisotopic (exact) mass is 808 g/mol. The van der Waals surface area contributed by atoms with Crippen molar-refractivity contribution in [3.63, 3.8) is 0 Å². The fraction of sp³-hybridized carbons (Fsp3) is 0. The second kappa shape index (κ2) is 20.0. The topological polar surface area (TPSA) is 0 Å². The predicted molar refractivity (Wildman–Crippen MR) is 267 cm³/mol. The Morgan fingerprint density at radius 1 is 0.156 bits per heavy atom. The Morgan fingerprint density at radius 3 is 0.578 bits per heavy atom. The van der Waals surface area contributed by atoms with Crippen molar-refractivity contribution in [2.75, 3.05) is 0 Å². The highest BCUT2D eigenvalue weighted by Crippen LogP contribution is 2.48. The number of benzene rings is 8. The van der Waals surface area contributed by atoms with Gasteiger partial charge in [0.05, 0.1) is 11.1 Å². The molecular formula is C64H40. The van der Waals surface area contributed by atoms with Crippen LogP contribution in [0.2, 0.25) is 0 Å². The summed E-state index contributed by atoms with van der Waals surface area (Å²) in [6.07, 6.45) is 0. The van der Waals surface area contributed by atoms with Gasteiger partial charge in [0.15, 0.2) is 0 Å². The molecule has 1 aliphatic carbocycles. The lowest BCUT2D eigenvalue weighted by Gasteiger charge is -2.26. The molecule has 0 spiro atoms. The second-order valence-electron chi connectivity index (χ2n) is 14.9. The maximum atomic E-state index is 3.82. The summed E-state index contributed by atoms with van der Waals surface area (Å²) in [5, 5.41) is 0. The van der Waals surface area contributed by atoms with Gasteiger partial charge in [-0.1, -0.05) is 241 Å². The summed E-state index contributed by atoms with van der Waals surface area (Å²) < 4.78 is 0. The zero-order valence-corrected chi connectivity index (χ0v) is 35.1. The Morgan fingerprint density at radius 2 is 0.344 bits per heavy atom. The summed E-state index contributed by atoms with van der Waals surface area (Å²) in [6, 6.07) is 82.8. The quantitative estimate of drug-likeness (QED) is 0.155. The Labute approximate surface area is 377 Å². The van der Waals surface area contributed by atoms with Gasteiger partial charge in [-0.15, -0.1) is 0 Å². The first-order valence-electron chi connectivity index (χ1n) is 21.3. The second-order valence-corrected chi connectivity index (χ2v) is 14.9. The van der Waals surface area contributed by atoms with E-state index in [1.165, 1.54) is 0 Å². The van der Waals surface area contributed by atoms with E-state index in [2.05, 4.69) is 181 Å². The Hall–Kier alpha value is -9.04. The molecule has 8 aromatic carbocycles. The fourth-order valence-electron chi connectivity index (χ4n) is 7.70. The molecule has 0 saturated heterocycles. The fourth-order valence-corrected chi connectivity index (χ4v) is 7.70. The third kappa shape index (κ3) is 9.46. The van der Waals surface area contributed by atoms with E-state index in [0.717, 1.165) is 89.1 Å². The SMILES string of the molecule is C(#Cc1ccccc1)C1=C(C#Cc2ccccc2)C(c2ccccc2)=C(C#Cc2ccccc2)C(c2ccccc2)=C(c2ccccc2)C(C#Cc2ccccc2)=C1c1ccccc1. The molecule has 1 aliphatic rings. The molecule has 9 rings (SSSR count). The summed E-state index contributed by atoms with van der Waals surface area (Å²) in [4.78, 5) is 0. The van der Waals surface area contributed by atoms with Crippen molar-refractivity contribution in [2.45, 2.75) is 0 Å². The molecule has 0 heteroatoms. The summed E-state index contributed by atoms with van der Waals surface area (Å²) in [7, 11) is 0. The Balaban J connectivity index is 1.60. The van der Waals surface area contributed by atoms with E-state index in [1.54, 1.807) is 0 Å². The van der Waals surface area contributed by atoms with Gasteiger partial charge in [0.25, 0.3) is 0 Å². The minimum atomic E-state index is 0.745. The minimum Gasteiger partial charge on any atom is -0.0622 e. The first kappa shape index (κ1) is 40.4. The highest BCUT2D eigenvalue weighted by molar-refractivity contribution is 6.18. The van der Waals surface area contributed by atoms with E-state index in [4.69, 9.17) is 0 Å². The van der Waals surface area contributed by atoms with Crippen LogP contribution in [0.15, 0.2) is 265 Å². The van der Waals surface area contributed by atoms with Crippen molar-refractivity contribution < 1.29 is 0 Å². The Kier molecular flexibility index (Phi) is 12.6. The van der Waals surface area contributed by atoms with Gasteiger partial charge >= 0.3 is 0 Å². The number of hydrogen-bond acceptors (Lipinski definition) is 0. The largest absolute Gasteiger partial charge is 0.0622 e. The molecule has 0 unspecified atom stereocenters. The molecule has 64 heavy (non-hydrogen) atoms. The summed E-state index contributed by atoms with van der Waals surface area (Å²) in [5.74, 6) is 29.6. The number of rotatable bonds is 4. The van der Waals surface area contributed by atoms with Gasteiger partial charge in [-0.2, -0.15) is 0 Å². The van der Waals surface area contributed by atoms with Gasteiger partial charge in [0, 0.05) is 55.7 Å². The van der Waals surface area contributed by atoms with Crippen LogP contribution in [-0.4, -0.2) is 0 Å². The molecule has 0 aliphatic heterocycles. The van der Waals surface area contributed by atoms with Crippen LogP contribution in [0, 0.1) is 47.4 Å². The van der Waals surface area contributed by atoms with Crippen LogP contribution in [-0.2, 0) is 0 Å². The van der Waals surface area contributed by atoms with Crippen LogP contribution < -0.4 is 0 Å². The number of allylic oxidation sites excluding steroid dienone is 8. The zero-order valence-electron chi connectivity index (χ0n) is 35.1. The molecule has 0 fully saturated rings. The van der Waals surface area contributed by atoms with Gasteiger partial charge in [-0.25, -0.2) is 0 Å². The van der Waals surface area contributed by atoms with Crippen molar-refractivity contribution in [1.82, 2.24) is 0 Å². The summed E-state index contributed by atoms with van der Waals surface area (Å²) in [5.41, 5.74) is 14.2. The molecule has 0 bridgehead atoms. The van der Waals surface area contributed by atoms with E-state index in [9.17, 15) is 0 Å². The summed E-state index contributed by atoms with van der Waals surface area (Å²) >= 11 is 0. The average molecular weight is 809 g/mol. The molecule has 0 nitrogen and oxygen atoms in total. The third-order valence-corrected chi connectivity index (χ3v) is 10.7. The highest BCUT2D eigenvalue weighted by Gasteiger charge is 2.30. The van der Waals surface area contributed by atoms with Crippen LogP contribution >= 0.6 is 0 Å². The lowest BCUT2D eigenvalue weighted by molar-refractivity contribution is 1.47. The third-order valence-electron chi connectivity index (χ3n) is 10.7. The van der Waals surface area contributed by atoms with Gasteiger partial charge in [0.1, 0.15) is 0 Å². The molecule has 8 aromatic rings. The molecule has 0 saturated carbocycles. The first-order chi connectivity index (χ1) is 31.8. The molecular weight excluding hydrogens is 769 g/mol. The molecule has 0 atom stereocenters. The molecule has 296 valence electrons. The van der Waals surface area contributed by atoms with Crippen LogP contribution in [0.1, 0.15) is 44.5 Å². The Bertz CT molecular complexity index is 3060. The van der Waals surface area contributed by atoms with E-state index in [-0.39, 0.29) is 0 Å². The smallest absolute Gasteiger partial charge is 0.0503 e. The normalized spacial score (nSPS) is 12.2. The highest BCUT2D eigenvalue weighted by atomic mass is 14.3. The van der Waals surface area contributed by atoms with Gasteiger partial charge in [-0.05, 0) is 70.8 Å². The van der Waals surface area contributed by atoms with Gasteiger partial charge in [-0.3, -0.25) is 0 Å². The van der Waals surface area contributed by atoms with Crippen LogP contribution in [0.4, 0.5) is 0 Å². The average Bonchev–Trinajstić information content (AvgIpc) is 3.37. The molecule has 0 radical (unpaired) electrons. The maximum Gasteiger partial charge on any atom is 0.0503 e. The van der Waals surface area contributed by atoms with Crippen molar-refractivity contribution in [3.05, 3.63) is 309 Å². The minimum absolute atomic E-state index is 0.745. The van der Waals surface area contributed by atoms with Crippen LogP contribution in [0.5, 0.6) is 0 Å². The molecule has 0 amide bonds. The molecule has 0 aromatic heterocycles. The van der Waals surface area contributed by atoms with Crippen molar-refractivity contribution in [3.8, 4) is 47.4 Å². The standard InChI is InChI=1S/C64H40/c1-9-25-49(26-10-1)41-45-57-58(46-42-50-27-11-2-12-28-50)62(54-35-19-6-20-36-54)60(48-44-52-31-15-4-16-32-52)64(56-39-23-8-24-40-56)63(55-37-21-7-22-38-55)59(47-43-51-29-13-3-14-30-51)61(57)53-33-17-5-18-34-53/h1-40H. The van der Waals surface area contributed by atoms with Gasteiger partial charge in [0.2, 0.25) is 0 Å². The van der Waals surface area contributed by atoms with Crippen molar-refractivity contribution in [1.29, 1.82) is 0 Å². The summed E-state index contributed by atoms with van der Waals surface area (Å²) in [6.45, 7) is 0. The first-order valence-corrected chi connectivity index (χ1v) is 21.3. The van der Waals surface area contributed by atoms with Crippen LogP contribution in [0.3, 0.4) is 0 Å². The van der Waals surface area contributed by atoms with Crippen molar-refractivity contribution in [2.24, 2.45) is 0 Å². The van der Waals surface area contributed by atoms with E-state index < -0.39 is 0 Å². The molecule has 0 N–H and O–H groups in total. The van der Waals surface area contributed by atoms with Crippen molar-refractivity contribution >= 4 is 22.3 Å². The zero-order chi connectivity index (χ0) is 43.2.